The van der Waals surface area contributed by atoms with Gasteiger partial charge in [-0.25, -0.2) is 4.79 Å². The predicted molar refractivity (Wildman–Crippen MR) is 112 cm³/mol. The highest BCUT2D eigenvalue weighted by atomic mass is 127. The van der Waals surface area contributed by atoms with Gasteiger partial charge in [-0.3, -0.25) is 4.99 Å². The minimum absolute atomic E-state index is 0. The van der Waals surface area contributed by atoms with Gasteiger partial charge in [0.25, 0.3) is 0 Å². The summed E-state index contributed by atoms with van der Waals surface area (Å²) in [4.78, 5) is 15.9. The number of rotatable bonds is 7. The van der Waals surface area contributed by atoms with Crippen LogP contribution in [0.2, 0.25) is 0 Å². The zero-order valence-corrected chi connectivity index (χ0v) is 17.5. The van der Waals surface area contributed by atoms with E-state index in [1.807, 2.05) is 36.7 Å². The number of aromatic nitrogens is 1. The number of nitrogens with zero attached hydrogens (tertiary/aromatic N) is 2. The first kappa shape index (κ1) is 21.8. The molecule has 1 heterocycles. The Labute approximate surface area is 170 Å². The van der Waals surface area contributed by atoms with Crippen molar-refractivity contribution in [1.82, 2.24) is 15.2 Å². The molecule has 0 fully saturated rings. The SMILES string of the molecule is CN=C(NCCn1cccc1)NCc1ccc(C(=O)OC)c(OC)c1.I. The van der Waals surface area contributed by atoms with Gasteiger partial charge in [0.2, 0.25) is 0 Å². The van der Waals surface area contributed by atoms with E-state index in [1.165, 1.54) is 14.2 Å². The van der Waals surface area contributed by atoms with E-state index in [4.69, 9.17) is 9.47 Å². The lowest BCUT2D eigenvalue weighted by molar-refractivity contribution is 0.0597. The number of carbonyl (C=O) groups is 1. The molecule has 0 amide bonds. The van der Waals surface area contributed by atoms with Crippen molar-refractivity contribution in [2.24, 2.45) is 4.99 Å². The van der Waals surface area contributed by atoms with E-state index in [0.717, 1.165) is 18.7 Å². The average molecular weight is 472 g/mol. The number of esters is 1. The maximum atomic E-state index is 11.7. The number of ether oxygens (including phenoxy) is 2. The summed E-state index contributed by atoms with van der Waals surface area (Å²) in [5.74, 6) is 0.781. The first-order chi connectivity index (χ1) is 12.2. The van der Waals surface area contributed by atoms with E-state index in [9.17, 15) is 4.79 Å². The summed E-state index contributed by atoms with van der Waals surface area (Å²) in [6, 6.07) is 9.36. The van der Waals surface area contributed by atoms with Crippen molar-refractivity contribution in [3.63, 3.8) is 0 Å². The first-order valence-electron chi connectivity index (χ1n) is 7.98. The summed E-state index contributed by atoms with van der Waals surface area (Å²) in [5.41, 5.74) is 1.38. The van der Waals surface area contributed by atoms with E-state index < -0.39 is 5.97 Å². The minimum Gasteiger partial charge on any atom is -0.496 e. The predicted octanol–water partition coefficient (Wildman–Crippen LogP) is 2.27. The average Bonchev–Trinajstić information content (AvgIpc) is 3.17. The third kappa shape index (κ3) is 6.25. The van der Waals surface area contributed by atoms with Crippen molar-refractivity contribution >= 4 is 35.9 Å². The molecule has 2 aromatic rings. The summed E-state index contributed by atoms with van der Waals surface area (Å²) in [7, 11) is 4.60. The molecule has 0 aliphatic carbocycles. The van der Waals surface area contributed by atoms with Gasteiger partial charge in [-0.05, 0) is 29.8 Å². The van der Waals surface area contributed by atoms with Crippen molar-refractivity contribution < 1.29 is 14.3 Å². The largest absolute Gasteiger partial charge is 0.496 e. The molecular weight excluding hydrogens is 447 g/mol. The molecule has 0 aliphatic heterocycles. The fraction of sp³-hybridized carbons (Fsp3) is 0.333. The number of methoxy groups -OCH3 is 2. The van der Waals surface area contributed by atoms with E-state index in [2.05, 4.69) is 20.2 Å². The van der Waals surface area contributed by atoms with E-state index >= 15 is 0 Å². The van der Waals surface area contributed by atoms with Crippen LogP contribution in [-0.4, -0.2) is 44.3 Å². The summed E-state index contributed by atoms with van der Waals surface area (Å²) >= 11 is 0. The third-order valence-corrected chi connectivity index (χ3v) is 3.68. The molecule has 0 atom stereocenters. The fourth-order valence-corrected chi connectivity index (χ4v) is 2.35. The van der Waals surface area contributed by atoms with E-state index in [-0.39, 0.29) is 24.0 Å². The van der Waals surface area contributed by atoms with Crippen LogP contribution in [0.4, 0.5) is 0 Å². The summed E-state index contributed by atoms with van der Waals surface area (Å²) in [5, 5.41) is 6.50. The Morgan fingerprint density at radius 3 is 2.54 bits per heavy atom. The molecule has 7 nitrogen and oxygen atoms in total. The van der Waals surface area contributed by atoms with Crippen LogP contribution in [0.1, 0.15) is 15.9 Å². The molecule has 0 unspecified atom stereocenters. The Hall–Kier alpha value is -2.23. The van der Waals surface area contributed by atoms with Gasteiger partial charge in [0.15, 0.2) is 5.96 Å². The van der Waals surface area contributed by atoms with Crippen LogP contribution < -0.4 is 15.4 Å². The maximum absolute atomic E-state index is 11.7. The van der Waals surface area contributed by atoms with Crippen LogP contribution in [0.5, 0.6) is 5.75 Å². The number of halogens is 1. The Balaban J connectivity index is 0.00000338. The molecular formula is C18H25IN4O3. The van der Waals surface area contributed by atoms with Crippen LogP contribution in [0, 0.1) is 0 Å². The Kier molecular flexibility index (Phi) is 9.56. The molecule has 0 radical (unpaired) electrons. The topological polar surface area (TPSA) is 76.9 Å². The van der Waals surface area contributed by atoms with E-state index in [1.54, 1.807) is 13.1 Å². The number of aliphatic imine (C=N–C) groups is 1. The normalized spacial score (nSPS) is 10.7. The van der Waals surface area contributed by atoms with Crippen LogP contribution in [0.15, 0.2) is 47.7 Å². The number of benzene rings is 1. The second-order valence-corrected chi connectivity index (χ2v) is 5.30. The van der Waals surface area contributed by atoms with Gasteiger partial charge in [-0.15, -0.1) is 24.0 Å². The summed E-state index contributed by atoms with van der Waals surface area (Å²) in [6.07, 6.45) is 4.04. The van der Waals surface area contributed by atoms with Crippen molar-refractivity contribution in [2.75, 3.05) is 27.8 Å². The molecule has 1 aromatic carbocycles. The van der Waals surface area contributed by atoms with Crippen LogP contribution in [-0.2, 0) is 17.8 Å². The number of hydrogen-bond donors (Lipinski definition) is 2. The fourth-order valence-electron chi connectivity index (χ4n) is 2.35. The molecule has 142 valence electrons. The van der Waals surface area contributed by atoms with Crippen LogP contribution in [0.3, 0.4) is 0 Å². The second kappa shape index (κ2) is 11.4. The van der Waals surface area contributed by atoms with Crippen LogP contribution in [0.25, 0.3) is 0 Å². The minimum atomic E-state index is -0.418. The molecule has 0 aliphatic rings. The van der Waals surface area contributed by atoms with Crippen molar-refractivity contribution in [3.8, 4) is 5.75 Å². The molecule has 0 saturated heterocycles. The standard InChI is InChI=1S/C18H24N4O3.HI/c1-19-18(20-8-11-22-9-4-5-10-22)21-13-14-6-7-15(17(23)25-3)16(12-14)24-2;/h4-7,9-10,12H,8,11,13H2,1-3H3,(H2,19,20,21);1H. The quantitative estimate of drug-likeness (QED) is 0.280. The smallest absolute Gasteiger partial charge is 0.341 e. The summed E-state index contributed by atoms with van der Waals surface area (Å²) < 4.78 is 12.1. The van der Waals surface area contributed by atoms with Gasteiger partial charge >= 0.3 is 5.97 Å². The molecule has 2 N–H and O–H groups in total. The lowest BCUT2D eigenvalue weighted by Gasteiger charge is -2.13. The number of carbonyl (C=O) groups excluding carboxylic acids is 1. The number of nitrogens with one attached hydrogen (secondary N) is 2. The molecule has 0 spiro atoms. The van der Waals surface area contributed by atoms with Gasteiger partial charge < -0.3 is 24.7 Å². The summed E-state index contributed by atoms with van der Waals surface area (Å²) in [6.45, 7) is 2.18. The van der Waals surface area contributed by atoms with Gasteiger partial charge in [0.1, 0.15) is 11.3 Å². The lowest BCUT2D eigenvalue weighted by atomic mass is 10.1. The zero-order chi connectivity index (χ0) is 18.1. The van der Waals surface area contributed by atoms with Crippen molar-refractivity contribution in [3.05, 3.63) is 53.9 Å². The van der Waals surface area contributed by atoms with Crippen molar-refractivity contribution in [1.29, 1.82) is 0 Å². The highest BCUT2D eigenvalue weighted by molar-refractivity contribution is 14.0. The van der Waals surface area contributed by atoms with E-state index in [0.29, 0.717) is 23.8 Å². The van der Waals surface area contributed by atoms with Crippen molar-refractivity contribution in [2.45, 2.75) is 13.1 Å². The Morgan fingerprint density at radius 1 is 1.19 bits per heavy atom. The van der Waals surface area contributed by atoms with Gasteiger partial charge in [0.05, 0.1) is 14.2 Å². The molecule has 26 heavy (non-hydrogen) atoms. The zero-order valence-electron chi connectivity index (χ0n) is 15.2. The number of hydrogen-bond acceptors (Lipinski definition) is 4. The molecule has 8 heteroatoms. The van der Waals surface area contributed by atoms with Gasteiger partial charge in [-0.2, -0.15) is 0 Å². The molecule has 1 aromatic heterocycles. The molecule has 0 saturated carbocycles. The third-order valence-electron chi connectivity index (χ3n) is 3.68. The molecule has 2 rings (SSSR count). The maximum Gasteiger partial charge on any atom is 0.341 e. The highest BCUT2D eigenvalue weighted by Crippen LogP contribution is 2.21. The van der Waals surface area contributed by atoms with Gasteiger partial charge in [0, 0.05) is 39.1 Å². The van der Waals surface area contributed by atoms with Gasteiger partial charge in [-0.1, -0.05) is 6.07 Å². The lowest BCUT2D eigenvalue weighted by Crippen LogP contribution is -2.38. The number of guanidine groups is 1. The first-order valence-corrected chi connectivity index (χ1v) is 7.98. The Bertz CT molecular complexity index is 717. The Morgan fingerprint density at radius 2 is 1.92 bits per heavy atom. The monoisotopic (exact) mass is 472 g/mol. The highest BCUT2D eigenvalue weighted by Gasteiger charge is 2.13. The second-order valence-electron chi connectivity index (χ2n) is 5.30. The molecule has 0 bridgehead atoms. The van der Waals surface area contributed by atoms with Crippen LogP contribution >= 0.6 is 24.0 Å².